The van der Waals surface area contributed by atoms with Crippen LogP contribution in [-0.2, 0) is 0 Å². The summed E-state index contributed by atoms with van der Waals surface area (Å²) in [6.45, 7) is 0. The second-order valence-corrected chi connectivity index (χ2v) is 13.7. The van der Waals surface area contributed by atoms with Crippen molar-refractivity contribution in [2.45, 2.75) is 0 Å². The molecule has 0 unspecified atom stereocenters. The minimum Gasteiger partial charge on any atom is -0.455 e. The molecular formula is C51H32N4O. The lowest BCUT2D eigenvalue weighted by Gasteiger charge is -2.13. The summed E-state index contributed by atoms with van der Waals surface area (Å²) in [4.78, 5) is 15.3. The normalized spacial score (nSPS) is 12.8. The highest BCUT2D eigenvalue weighted by atomic mass is 16.3. The Balaban J connectivity index is 1.19. The highest BCUT2D eigenvalue weighted by molar-refractivity contribution is 6.13. The number of benzene rings is 8. The van der Waals surface area contributed by atoms with Crippen LogP contribution in [0.25, 0.3) is 106 Å². The van der Waals surface area contributed by atoms with Gasteiger partial charge in [-0.1, -0.05) is 152 Å². The first-order valence-corrected chi connectivity index (χ1v) is 18.4. The Morgan fingerprint density at radius 1 is 0.411 bits per heavy atom. The lowest BCUT2D eigenvalue weighted by atomic mass is 10.0. The van der Waals surface area contributed by atoms with E-state index in [1.807, 2.05) is 54.6 Å². The fraction of sp³-hybridized carbons (Fsp3) is 0. The zero-order valence-corrected chi connectivity index (χ0v) is 29.8. The van der Waals surface area contributed by atoms with Crippen molar-refractivity contribution in [3.05, 3.63) is 194 Å². The van der Waals surface area contributed by atoms with Gasteiger partial charge in [-0.15, -0.1) is 0 Å². The van der Waals surface area contributed by atoms with Crippen LogP contribution >= 0.6 is 0 Å². The first-order chi connectivity index (χ1) is 29.8. The fourth-order valence-corrected chi connectivity index (χ4v) is 7.72. The van der Waals surface area contributed by atoms with Gasteiger partial charge >= 0.3 is 0 Å². The molecular weight excluding hydrogens is 685 g/mol. The quantitative estimate of drug-likeness (QED) is 0.172. The average molecular weight is 722 g/mol. The molecule has 5 heteroatoms. The van der Waals surface area contributed by atoms with Crippen molar-refractivity contribution in [3.63, 3.8) is 0 Å². The summed E-state index contributed by atoms with van der Waals surface area (Å²) in [7, 11) is 0. The van der Waals surface area contributed by atoms with Crippen molar-refractivity contribution < 1.29 is 11.3 Å². The minimum atomic E-state index is -0.444. The second kappa shape index (κ2) is 13.0. The summed E-state index contributed by atoms with van der Waals surface area (Å²) in [6, 6.07) is 52.6. The predicted octanol–water partition coefficient (Wildman–Crippen LogP) is 13.2. The zero-order valence-electron chi connectivity index (χ0n) is 34.8. The van der Waals surface area contributed by atoms with Crippen molar-refractivity contribution >= 4 is 43.7 Å². The van der Waals surface area contributed by atoms with Crippen molar-refractivity contribution in [1.29, 1.82) is 0 Å². The monoisotopic (exact) mass is 721 g/mol. The van der Waals surface area contributed by atoms with Crippen LogP contribution in [0.4, 0.5) is 0 Å². The molecule has 0 saturated carbocycles. The Bertz CT molecular complexity index is 3470. The standard InChI is InChI=1S/C51H32N4O/c1-4-15-33(16-5-1)36-21-14-22-38(29-36)50-52-49(35-19-8-3-9-20-35)53-51(54-50)44-32-39(55-45-25-12-10-23-40(45)41-24-11-13-26-46(41)55)31-43-42-28-27-37(30-47(42)56-48(43)44)34-17-6-2-7-18-34/h1-32H/i1D,4D,5D,15D,16D. The van der Waals surface area contributed by atoms with Gasteiger partial charge in [0, 0.05) is 38.4 Å². The van der Waals surface area contributed by atoms with Gasteiger partial charge in [-0.25, -0.2) is 15.0 Å². The molecule has 3 heterocycles. The van der Waals surface area contributed by atoms with Crippen LogP contribution in [0.2, 0.25) is 0 Å². The van der Waals surface area contributed by atoms with Crippen molar-refractivity contribution in [2.24, 2.45) is 0 Å². The molecule has 0 amide bonds. The van der Waals surface area contributed by atoms with Crippen molar-refractivity contribution in [1.82, 2.24) is 19.5 Å². The number of fused-ring (bicyclic) bond motifs is 6. The summed E-state index contributed by atoms with van der Waals surface area (Å²) in [6.07, 6.45) is 0. The Kier molecular flexibility index (Phi) is 6.29. The number of nitrogens with zero attached hydrogens (tertiary/aromatic N) is 4. The van der Waals surface area contributed by atoms with E-state index in [0.29, 0.717) is 39.7 Å². The third-order valence-corrected chi connectivity index (χ3v) is 10.3. The molecule has 0 spiro atoms. The number of hydrogen-bond donors (Lipinski definition) is 0. The molecule has 0 bridgehead atoms. The van der Waals surface area contributed by atoms with Crippen LogP contribution in [0, 0.1) is 0 Å². The molecule has 0 aliphatic heterocycles. The number of rotatable bonds is 6. The molecule has 11 rings (SSSR count). The van der Waals surface area contributed by atoms with Gasteiger partial charge in [-0.3, -0.25) is 0 Å². The molecule has 0 saturated heterocycles. The van der Waals surface area contributed by atoms with Crippen molar-refractivity contribution in [2.75, 3.05) is 0 Å². The third-order valence-electron chi connectivity index (χ3n) is 10.3. The van der Waals surface area contributed by atoms with E-state index in [1.54, 1.807) is 18.2 Å². The van der Waals surface area contributed by atoms with Gasteiger partial charge in [0.25, 0.3) is 0 Å². The molecule has 0 fully saturated rings. The fourth-order valence-electron chi connectivity index (χ4n) is 7.72. The molecule has 0 aliphatic rings. The third kappa shape index (κ3) is 5.37. The SMILES string of the molecule is [2H]c1c([2H])c([2H])c(-c2cccc(-c3nc(-c4ccccc4)nc(-c4cc(-n5c6ccccc6c6ccccc65)cc5c4oc4cc(-c6ccccc6)ccc45)n3)c2)c([2H])c1[2H]. The highest BCUT2D eigenvalue weighted by Crippen LogP contribution is 2.41. The molecule has 262 valence electrons. The van der Waals surface area contributed by atoms with E-state index in [9.17, 15) is 0 Å². The predicted molar refractivity (Wildman–Crippen MR) is 229 cm³/mol. The number of para-hydroxylation sites is 2. The number of furan rings is 1. The van der Waals surface area contributed by atoms with Gasteiger partial charge < -0.3 is 8.98 Å². The summed E-state index contributed by atoms with van der Waals surface area (Å²) >= 11 is 0. The average Bonchev–Trinajstić information content (AvgIpc) is 3.86. The molecule has 0 N–H and O–H groups in total. The number of aromatic nitrogens is 4. The molecule has 0 aliphatic carbocycles. The smallest absolute Gasteiger partial charge is 0.167 e. The zero-order chi connectivity index (χ0) is 41.4. The molecule has 3 aromatic heterocycles. The Morgan fingerprint density at radius 2 is 1.00 bits per heavy atom. The van der Waals surface area contributed by atoms with Gasteiger partial charge in [0.15, 0.2) is 17.5 Å². The first kappa shape index (κ1) is 27.0. The van der Waals surface area contributed by atoms with Crippen LogP contribution < -0.4 is 0 Å². The second-order valence-electron chi connectivity index (χ2n) is 13.7. The van der Waals surface area contributed by atoms with E-state index < -0.39 is 18.1 Å². The van der Waals surface area contributed by atoms with Gasteiger partial charge in [-0.2, -0.15) is 0 Å². The van der Waals surface area contributed by atoms with Gasteiger partial charge in [-0.05, 0) is 64.7 Å². The Hall–Kier alpha value is -7.63. The first-order valence-electron chi connectivity index (χ1n) is 20.9. The lowest BCUT2D eigenvalue weighted by Crippen LogP contribution is -2.01. The highest BCUT2D eigenvalue weighted by Gasteiger charge is 2.22. The van der Waals surface area contributed by atoms with E-state index in [2.05, 4.69) is 95.6 Å². The van der Waals surface area contributed by atoms with E-state index in [-0.39, 0.29) is 17.6 Å². The molecule has 11 aromatic rings. The van der Waals surface area contributed by atoms with Gasteiger partial charge in [0.2, 0.25) is 0 Å². The number of hydrogen-bond acceptors (Lipinski definition) is 4. The largest absolute Gasteiger partial charge is 0.455 e. The summed E-state index contributed by atoms with van der Waals surface area (Å²) in [5.41, 5.74) is 9.03. The van der Waals surface area contributed by atoms with E-state index in [1.165, 1.54) is 0 Å². The van der Waals surface area contributed by atoms with Crippen LogP contribution in [0.5, 0.6) is 0 Å². The van der Waals surface area contributed by atoms with Crippen LogP contribution in [0.3, 0.4) is 0 Å². The molecule has 0 atom stereocenters. The molecule has 0 radical (unpaired) electrons. The minimum absolute atomic E-state index is 0.100. The Morgan fingerprint density at radius 3 is 1.73 bits per heavy atom. The maximum absolute atomic E-state index is 8.68. The summed E-state index contributed by atoms with van der Waals surface area (Å²) in [5.74, 6) is 1.16. The van der Waals surface area contributed by atoms with E-state index in [0.717, 1.165) is 60.5 Å². The Labute approximate surface area is 329 Å². The summed E-state index contributed by atoms with van der Waals surface area (Å²) < 4.78 is 51.3. The van der Waals surface area contributed by atoms with E-state index >= 15 is 0 Å². The van der Waals surface area contributed by atoms with Crippen LogP contribution in [-0.4, -0.2) is 19.5 Å². The molecule has 8 aromatic carbocycles. The van der Waals surface area contributed by atoms with Crippen LogP contribution in [0.1, 0.15) is 6.85 Å². The van der Waals surface area contributed by atoms with Gasteiger partial charge in [0.05, 0.1) is 23.5 Å². The maximum atomic E-state index is 8.68. The topological polar surface area (TPSA) is 56.7 Å². The van der Waals surface area contributed by atoms with E-state index in [4.69, 9.17) is 26.2 Å². The lowest BCUT2D eigenvalue weighted by molar-refractivity contribution is 0.669. The maximum Gasteiger partial charge on any atom is 0.167 e. The molecule has 56 heavy (non-hydrogen) atoms. The van der Waals surface area contributed by atoms with Crippen LogP contribution in [0.15, 0.2) is 198 Å². The molecule has 5 nitrogen and oxygen atoms in total. The van der Waals surface area contributed by atoms with Crippen molar-refractivity contribution in [3.8, 4) is 62.1 Å². The van der Waals surface area contributed by atoms with Gasteiger partial charge in [0.1, 0.15) is 11.2 Å². The summed E-state index contributed by atoms with van der Waals surface area (Å²) in [5, 5.41) is 4.12.